The third-order valence-electron chi connectivity index (χ3n) is 12.8. The molecule has 3 N–H and O–H groups in total. The number of allylic oxidation sites excluding steroid dienone is 4. The number of hydrogen-bond acceptors (Lipinski definition) is 8. The number of nitrogens with two attached hydrogens (primary N) is 1. The monoisotopic (exact) mass is 968 g/mol. The first-order valence-corrected chi connectivity index (χ1v) is 30.3. The van der Waals surface area contributed by atoms with E-state index in [2.05, 4.69) is 38.2 Å². The van der Waals surface area contributed by atoms with Gasteiger partial charge in [0.15, 0.2) is 6.10 Å². The van der Waals surface area contributed by atoms with Gasteiger partial charge in [-0.1, -0.05) is 244 Å². The summed E-state index contributed by atoms with van der Waals surface area (Å²) in [6, 6.07) is 0. The van der Waals surface area contributed by atoms with Crippen LogP contribution in [0.15, 0.2) is 24.3 Å². The molecule has 0 fully saturated rings. The molecule has 10 heteroatoms. The second kappa shape index (κ2) is 53.8. The van der Waals surface area contributed by atoms with Gasteiger partial charge in [0.1, 0.15) is 6.61 Å². The minimum atomic E-state index is -4.38. The normalized spacial score (nSPS) is 13.2. The second-order valence-electron chi connectivity index (χ2n) is 19.5. The topological polar surface area (TPSA) is 134 Å². The highest BCUT2D eigenvalue weighted by atomic mass is 31.2. The maximum absolute atomic E-state index is 12.7. The summed E-state index contributed by atoms with van der Waals surface area (Å²) in [4.78, 5) is 35.2. The van der Waals surface area contributed by atoms with Crippen molar-refractivity contribution in [1.82, 2.24) is 0 Å². The molecule has 0 aliphatic carbocycles. The van der Waals surface area contributed by atoms with Gasteiger partial charge in [0.05, 0.1) is 13.2 Å². The minimum Gasteiger partial charge on any atom is -0.462 e. The van der Waals surface area contributed by atoms with Crippen molar-refractivity contribution in [2.24, 2.45) is 5.73 Å². The number of phosphoric acid groups is 1. The fourth-order valence-electron chi connectivity index (χ4n) is 8.51. The van der Waals surface area contributed by atoms with Gasteiger partial charge in [-0.3, -0.25) is 18.6 Å². The Balaban J connectivity index is 3.95. The summed E-state index contributed by atoms with van der Waals surface area (Å²) < 4.78 is 33.0. The summed E-state index contributed by atoms with van der Waals surface area (Å²) >= 11 is 0. The molecule has 0 heterocycles. The van der Waals surface area contributed by atoms with E-state index in [0.29, 0.717) is 6.42 Å². The van der Waals surface area contributed by atoms with Crippen molar-refractivity contribution in [3.8, 4) is 0 Å². The molecule has 0 saturated carbocycles. The van der Waals surface area contributed by atoms with Crippen LogP contribution in [0.2, 0.25) is 0 Å². The van der Waals surface area contributed by atoms with E-state index in [9.17, 15) is 19.0 Å². The molecule has 0 aliphatic rings. The quantitative estimate of drug-likeness (QED) is 0.0264. The fourth-order valence-corrected chi connectivity index (χ4v) is 9.28. The Labute approximate surface area is 414 Å². The molecular weight excluding hydrogens is 858 g/mol. The molecular formula is C57H110NO8P. The molecule has 0 spiro atoms. The Bertz CT molecular complexity index is 1150. The summed E-state index contributed by atoms with van der Waals surface area (Å²) in [5, 5.41) is 0. The van der Waals surface area contributed by atoms with Crippen LogP contribution < -0.4 is 5.73 Å². The molecule has 0 aliphatic heterocycles. The number of phosphoric ester groups is 1. The molecule has 0 aromatic carbocycles. The average molecular weight is 968 g/mol. The number of esters is 2. The van der Waals surface area contributed by atoms with Gasteiger partial charge in [-0.15, -0.1) is 0 Å². The average Bonchev–Trinajstić information content (AvgIpc) is 3.32. The SMILES string of the molecule is CCCCCCCCCC/C=C\CCCCCCCCCCCCCCCC(=O)OC(COC(=O)CCCCCCCCCCC/C=C\CCCCCCCCCC)COP(=O)(O)OCCN. The lowest BCUT2D eigenvalue weighted by Gasteiger charge is -2.19. The summed E-state index contributed by atoms with van der Waals surface area (Å²) in [5.74, 6) is -0.815. The highest BCUT2D eigenvalue weighted by Gasteiger charge is 2.26. The lowest BCUT2D eigenvalue weighted by Crippen LogP contribution is -2.29. The van der Waals surface area contributed by atoms with Crippen molar-refractivity contribution in [2.45, 2.75) is 302 Å². The van der Waals surface area contributed by atoms with Crippen molar-refractivity contribution >= 4 is 19.8 Å². The van der Waals surface area contributed by atoms with Crippen molar-refractivity contribution in [3.05, 3.63) is 24.3 Å². The van der Waals surface area contributed by atoms with Gasteiger partial charge >= 0.3 is 19.8 Å². The van der Waals surface area contributed by atoms with E-state index in [1.807, 2.05) is 0 Å². The highest BCUT2D eigenvalue weighted by Crippen LogP contribution is 2.43. The van der Waals surface area contributed by atoms with E-state index in [0.717, 1.165) is 32.1 Å². The van der Waals surface area contributed by atoms with Gasteiger partial charge in [0, 0.05) is 19.4 Å². The summed E-state index contributed by atoms with van der Waals surface area (Å²) in [6.45, 7) is 3.79. The smallest absolute Gasteiger partial charge is 0.462 e. The van der Waals surface area contributed by atoms with Gasteiger partial charge in [-0.25, -0.2) is 4.57 Å². The Kier molecular flexibility index (Phi) is 52.6. The van der Waals surface area contributed by atoms with Crippen molar-refractivity contribution in [3.63, 3.8) is 0 Å². The number of carbonyl (C=O) groups excluding carboxylic acids is 2. The molecule has 67 heavy (non-hydrogen) atoms. The summed E-state index contributed by atoms with van der Waals surface area (Å²) in [6.07, 6.45) is 62.3. The van der Waals surface area contributed by atoms with Crippen LogP contribution in [0.25, 0.3) is 0 Å². The molecule has 0 radical (unpaired) electrons. The Morgan fingerprint density at radius 1 is 0.433 bits per heavy atom. The van der Waals surface area contributed by atoms with Crippen LogP contribution in [0.3, 0.4) is 0 Å². The van der Waals surface area contributed by atoms with E-state index in [1.54, 1.807) is 0 Å². The summed E-state index contributed by atoms with van der Waals surface area (Å²) in [5.41, 5.74) is 5.38. The Morgan fingerprint density at radius 3 is 1.06 bits per heavy atom. The second-order valence-corrected chi connectivity index (χ2v) is 21.0. The number of carbonyl (C=O) groups is 2. The molecule has 396 valence electrons. The van der Waals surface area contributed by atoms with Gasteiger partial charge in [-0.2, -0.15) is 0 Å². The van der Waals surface area contributed by atoms with Gasteiger partial charge in [0.25, 0.3) is 0 Å². The molecule has 0 aromatic rings. The highest BCUT2D eigenvalue weighted by molar-refractivity contribution is 7.47. The Hall–Kier alpha value is -1.51. The van der Waals surface area contributed by atoms with Crippen LogP contribution in [0.5, 0.6) is 0 Å². The van der Waals surface area contributed by atoms with E-state index in [4.69, 9.17) is 24.3 Å². The van der Waals surface area contributed by atoms with E-state index < -0.39 is 26.5 Å². The number of unbranched alkanes of at least 4 members (excludes halogenated alkanes) is 38. The molecule has 0 aromatic heterocycles. The maximum Gasteiger partial charge on any atom is 0.472 e. The third-order valence-corrected chi connectivity index (χ3v) is 13.8. The van der Waals surface area contributed by atoms with E-state index in [1.165, 1.54) is 231 Å². The predicted molar refractivity (Wildman–Crippen MR) is 284 cm³/mol. The standard InChI is InChI=1S/C57H110NO8P/c1-3-5-7-9-11-13-15-17-19-21-23-25-26-27-28-30-32-34-36-38-40-42-44-46-48-50-57(60)66-55(54-65-67(61,62)64-52-51-58)53-63-56(59)49-47-45-43-41-39-37-35-33-31-29-24-22-20-18-16-14-12-10-8-6-4-2/h21-24,55H,3-20,25-54,58H2,1-2H3,(H,61,62)/b23-21-,24-22-. The molecule has 0 bridgehead atoms. The Morgan fingerprint density at radius 2 is 0.731 bits per heavy atom. The predicted octanol–water partition coefficient (Wildman–Crippen LogP) is 17.9. The number of rotatable bonds is 55. The van der Waals surface area contributed by atoms with Gasteiger partial charge < -0.3 is 20.1 Å². The molecule has 2 atom stereocenters. The minimum absolute atomic E-state index is 0.0551. The van der Waals surface area contributed by atoms with Crippen LogP contribution in [-0.2, 0) is 32.7 Å². The van der Waals surface area contributed by atoms with Crippen molar-refractivity contribution < 1.29 is 37.6 Å². The fraction of sp³-hybridized carbons (Fsp3) is 0.895. The lowest BCUT2D eigenvalue weighted by atomic mass is 10.0. The zero-order valence-corrected chi connectivity index (χ0v) is 45.1. The van der Waals surface area contributed by atoms with Gasteiger partial charge in [-0.05, 0) is 64.2 Å². The van der Waals surface area contributed by atoms with E-state index in [-0.39, 0.29) is 38.6 Å². The van der Waals surface area contributed by atoms with Crippen LogP contribution in [-0.4, -0.2) is 49.3 Å². The first-order valence-electron chi connectivity index (χ1n) is 28.8. The number of hydrogen-bond donors (Lipinski definition) is 2. The first-order chi connectivity index (χ1) is 32.8. The summed E-state index contributed by atoms with van der Waals surface area (Å²) in [7, 11) is -4.38. The molecule has 0 saturated heterocycles. The zero-order valence-electron chi connectivity index (χ0n) is 44.2. The first kappa shape index (κ1) is 65.5. The zero-order chi connectivity index (χ0) is 48.8. The molecule has 9 nitrogen and oxygen atoms in total. The molecule has 0 amide bonds. The van der Waals surface area contributed by atoms with Crippen LogP contribution >= 0.6 is 7.82 Å². The molecule has 2 unspecified atom stereocenters. The van der Waals surface area contributed by atoms with Gasteiger partial charge in [0.2, 0.25) is 0 Å². The number of ether oxygens (including phenoxy) is 2. The maximum atomic E-state index is 12.7. The lowest BCUT2D eigenvalue weighted by molar-refractivity contribution is -0.161. The van der Waals surface area contributed by atoms with Crippen LogP contribution in [0.1, 0.15) is 296 Å². The van der Waals surface area contributed by atoms with Crippen molar-refractivity contribution in [2.75, 3.05) is 26.4 Å². The largest absolute Gasteiger partial charge is 0.472 e. The van der Waals surface area contributed by atoms with Crippen LogP contribution in [0.4, 0.5) is 0 Å². The van der Waals surface area contributed by atoms with E-state index >= 15 is 0 Å². The van der Waals surface area contributed by atoms with Crippen LogP contribution in [0, 0.1) is 0 Å². The molecule has 0 rings (SSSR count). The third kappa shape index (κ3) is 53.7. The van der Waals surface area contributed by atoms with Crippen molar-refractivity contribution in [1.29, 1.82) is 0 Å².